The standard InChI is InChI=1S/4C18H21N3O3S/c4*22-17-7-8-20(25(23,24)12-5-6-12)10-15(17)18-14-4-2-1-3-13(14)16-9-19-11-21(16)18/h4*1-4,9,11-12,15,17-18,22H,5-8,10H2/t2*15-,17-,18+;2*15-,17-,18-/m1010/s1. The molecule has 4 aromatic carbocycles. The van der Waals surface area contributed by atoms with Crippen molar-refractivity contribution in [3.05, 3.63) is 169 Å². The van der Waals surface area contributed by atoms with Crippen LogP contribution >= 0.6 is 0 Å². The second kappa shape index (κ2) is 25.6. The van der Waals surface area contributed by atoms with Crippen molar-refractivity contribution in [2.75, 3.05) is 52.4 Å². The Morgan fingerprint density at radius 3 is 0.690 bits per heavy atom. The molecule has 4 N–H and O–H groups in total. The largest absolute Gasteiger partial charge is 0.393 e. The van der Waals surface area contributed by atoms with Crippen molar-refractivity contribution in [1.29, 1.82) is 0 Å². The third-order valence-corrected chi connectivity index (χ3v) is 32.7. The first kappa shape index (κ1) is 66.4. The second-order valence-electron chi connectivity index (χ2n) is 29.4. The molecule has 12 heterocycles. The topological polar surface area (TPSA) is 302 Å². The van der Waals surface area contributed by atoms with Crippen LogP contribution in [0, 0.1) is 23.7 Å². The van der Waals surface area contributed by atoms with Crippen molar-refractivity contribution in [2.45, 2.75) is 147 Å². The summed E-state index contributed by atoms with van der Waals surface area (Å²) in [6.45, 7) is 3.16. The molecule has 0 spiro atoms. The Morgan fingerprint density at radius 1 is 0.290 bits per heavy atom. The molecule has 4 saturated carbocycles. The molecule has 8 aromatic rings. The lowest BCUT2D eigenvalue weighted by molar-refractivity contribution is 0.0353. The van der Waals surface area contributed by atoms with Crippen molar-refractivity contribution >= 4 is 40.1 Å². The molecule has 4 aliphatic carbocycles. The van der Waals surface area contributed by atoms with Crippen LogP contribution in [0.15, 0.2) is 147 Å². The van der Waals surface area contributed by atoms with E-state index in [1.807, 2.05) is 73.3 Å². The van der Waals surface area contributed by atoms with Gasteiger partial charge >= 0.3 is 0 Å². The van der Waals surface area contributed by atoms with E-state index in [4.69, 9.17) is 0 Å². The summed E-state index contributed by atoms with van der Waals surface area (Å²) in [6, 6.07) is 32.3. The molecule has 8 fully saturated rings. The van der Waals surface area contributed by atoms with Crippen molar-refractivity contribution < 1.29 is 54.1 Å². The van der Waals surface area contributed by atoms with Gasteiger partial charge in [0, 0.05) is 98.3 Å². The van der Waals surface area contributed by atoms with Crippen molar-refractivity contribution in [1.82, 2.24) is 55.4 Å². The van der Waals surface area contributed by atoms with Gasteiger partial charge < -0.3 is 38.7 Å². The van der Waals surface area contributed by atoms with Crippen LogP contribution in [-0.4, -0.2) is 207 Å². The van der Waals surface area contributed by atoms with E-state index >= 15 is 0 Å². The maximum absolute atomic E-state index is 12.7. The van der Waals surface area contributed by atoms with Gasteiger partial charge in [-0.2, -0.15) is 0 Å². The van der Waals surface area contributed by atoms with Gasteiger partial charge in [-0.15, -0.1) is 0 Å². The minimum absolute atomic E-state index is 0.0686. The van der Waals surface area contributed by atoms with Crippen LogP contribution in [0.25, 0.3) is 45.0 Å². The maximum Gasteiger partial charge on any atom is 0.216 e. The van der Waals surface area contributed by atoms with Gasteiger partial charge in [0.25, 0.3) is 0 Å². The van der Waals surface area contributed by atoms with Crippen molar-refractivity contribution in [3.8, 4) is 45.0 Å². The maximum atomic E-state index is 12.7. The van der Waals surface area contributed by atoms with Crippen LogP contribution in [0.3, 0.4) is 0 Å². The first-order valence-electron chi connectivity index (χ1n) is 35.4. The molecule has 0 radical (unpaired) electrons. The minimum atomic E-state index is -3.22. The summed E-state index contributed by atoms with van der Waals surface area (Å²) in [6.07, 6.45) is 20.5. The molecule has 8 aliphatic heterocycles. The Labute approximate surface area is 583 Å². The lowest BCUT2D eigenvalue weighted by Crippen LogP contribution is -2.49. The highest BCUT2D eigenvalue weighted by Crippen LogP contribution is 2.51. The Kier molecular flexibility index (Phi) is 17.0. The smallest absolute Gasteiger partial charge is 0.216 e. The number of imidazole rings is 4. The van der Waals surface area contributed by atoms with Gasteiger partial charge in [-0.1, -0.05) is 97.1 Å². The summed E-state index contributed by atoms with van der Waals surface area (Å²) in [7, 11) is -12.9. The fourth-order valence-corrected chi connectivity index (χ4v) is 25.0. The Morgan fingerprint density at radius 2 is 0.490 bits per heavy atom. The molecule has 20 rings (SSSR count). The number of aromatic nitrogens is 8. The number of hydrogen-bond acceptors (Lipinski definition) is 16. The molecule has 12 aliphatic rings. The zero-order chi connectivity index (χ0) is 68.7. The highest BCUT2D eigenvalue weighted by molar-refractivity contribution is 7.90. The van der Waals surface area contributed by atoms with Crippen LogP contribution in [0.4, 0.5) is 0 Å². The normalized spacial score (nSPS) is 29.4. The number of benzene rings is 4. The fraction of sp³-hybridized carbons (Fsp3) is 0.500. The van der Waals surface area contributed by atoms with Gasteiger partial charge in [0.2, 0.25) is 40.1 Å². The molecule has 24 nitrogen and oxygen atoms in total. The summed E-state index contributed by atoms with van der Waals surface area (Å²) >= 11 is 0. The highest BCUT2D eigenvalue weighted by atomic mass is 32.2. The highest BCUT2D eigenvalue weighted by Gasteiger charge is 2.52. The number of aliphatic hydroxyl groups is 4. The Hall–Kier alpha value is -6.80. The van der Waals surface area contributed by atoms with E-state index in [1.165, 1.54) is 0 Å². The monoisotopic (exact) mass is 1440 g/mol. The number of aliphatic hydroxyl groups excluding tert-OH is 4. The van der Waals surface area contributed by atoms with Crippen molar-refractivity contribution in [3.63, 3.8) is 0 Å². The molecule has 528 valence electrons. The number of hydrogen-bond donors (Lipinski definition) is 4. The van der Waals surface area contributed by atoms with Gasteiger partial charge in [0.1, 0.15) is 0 Å². The lowest BCUT2D eigenvalue weighted by atomic mass is 9.85. The van der Waals surface area contributed by atoms with Gasteiger partial charge in [-0.3, -0.25) is 0 Å². The summed E-state index contributed by atoms with van der Waals surface area (Å²) < 4.78 is 116. The number of piperidine rings is 4. The van der Waals surface area contributed by atoms with E-state index in [0.717, 1.165) is 119 Å². The number of nitrogens with zero attached hydrogens (tertiary/aromatic N) is 12. The third kappa shape index (κ3) is 11.6. The van der Waals surface area contributed by atoms with E-state index < -0.39 is 64.5 Å². The molecular formula is C72H84N12O12S4. The second-order valence-corrected chi connectivity index (χ2v) is 38.2. The Balaban J connectivity index is 0.0000000997. The van der Waals surface area contributed by atoms with E-state index in [1.54, 1.807) is 42.5 Å². The predicted octanol–water partition coefficient (Wildman–Crippen LogP) is 6.51. The summed E-state index contributed by atoms with van der Waals surface area (Å²) in [5.74, 6) is -0.671. The van der Waals surface area contributed by atoms with Gasteiger partial charge in [0.15, 0.2) is 0 Å². The zero-order valence-corrected chi connectivity index (χ0v) is 58.6. The predicted molar refractivity (Wildman–Crippen MR) is 374 cm³/mol. The van der Waals surface area contributed by atoms with E-state index in [9.17, 15) is 54.1 Å². The molecule has 4 aromatic heterocycles. The Bertz CT molecular complexity index is 4280. The van der Waals surface area contributed by atoms with E-state index in [-0.39, 0.29) is 68.8 Å². The minimum Gasteiger partial charge on any atom is -0.393 e. The molecule has 28 heteroatoms. The molecule has 0 unspecified atom stereocenters. The molecule has 100 heavy (non-hydrogen) atoms. The first-order chi connectivity index (χ1) is 48.3. The number of rotatable bonds is 12. The molecule has 0 bridgehead atoms. The molecular weight excluding hydrogens is 1350 g/mol. The van der Waals surface area contributed by atoms with E-state index in [0.29, 0.717) is 78.0 Å². The van der Waals surface area contributed by atoms with Crippen LogP contribution < -0.4 is 0 Å². The van der Waals surface area contributed by atoms with Crippen LogP contribution in [-0.2, 0) is 40.1 Å². The van der Waals surface area contributed by atoms with Gasteiger partial charge in [-0.05, 0) is 99.3 Å². The van der Waals surface area contributed by atoms with Crippen LogP contribution in [0.1, 0.15) is 123 Å². The van der Waals surface area contributed by atoms with E-state index in [2.05, 4.69) is 86.7 Å². The fourth-order valence-electron chi connectivity index (χ4n) is 17.5. The summed E-state index contributed by atoms with van der Waals surface area (Å²) in [5.41, 5.74) is 13.2. The molecule has 12 atom stereocenters. The van der Waals surface area contributed by atoms with Gasteiger partial charge in [0.05, 0.1) is 142 Å². The summed E-state index contributed by atoms with van der Waals surface area (Å²) in [4.78, 5) is 17.1. The average Bonchev–Trinajstić information content (AvgIpc) is 1.27. The first-order valence-corrected chi connectivity index (χ1v) is 41.4. The van der Waals surface area contributed by atoms with Crippen molar-refractivity contribution in [2.24, 2.45) is 23.7 Å². The molecule has 4 saturated heterocycles. The summed E-state index contributed by atoms with van der Waals surface area (Å²) in [5, 5.41) is 42.0. The van der Waals surface area contributed by atoms with Crippen LogP contribution in [0.5, 0.6) is 0 Å². The number of fused-ring (bicyclic) bond motifs is 12. The average molecular weight is 1440 g/mol. The van der Waals surface area contributed by atoms with Crippen LogP contribution in [0.2, 0.25) is 0 Å². The van der Waals surface area contributed by atoms with Gasteiger partial charge in [-0.25, -0.2) is 70.8 Å². The quantitative estimate of drug-likeness (QED) is 0.101. The lowest BCUT2D eigenvalue weighted by Gasteiger charge is -2.39. The zero-order valence-electron chi connectivity index (χ0n) is 55.3. The number of sulfonamides is 4. The molecule has 0 amide bonds. The SMILES string of the molecule is O=S(=O)(C1CC1)N1CC[C@@H](O)[C@H]([C@@H]2c3ccccc3-c3cncn32)C1.O=S(=O)(C1CC1)N1CC[C@@H](O)[C@H]([C@H]2c3ccccc3-c3cncn32)C1.O=S(=O)(C1CC1)N1CC[C@H](O)[C@@H]([C@@H]2c3ccccc3-c3cncn32)C1.O=S(=O)(C1CC1)N1CC[C@H](O)[C@@H]([C@H]2c3ccccc3-c3cncn32)C1. The third-order valence-electron chi connectivity index (χ3n) is 23.3.